The molecule has 55 valence electrons. The van der Waals surface area contributed by atoms with Crippen molar-refractivity contribution in [1.29, 1.82) is 0 Å². The van der Waals surface area contributed by atoms with Crippen molar-refractivity contribution in [2.75, 3.05) is 0 Å². The number of nitrogens with two attached hydrogens (primary N) is 1. The van der Waals surface area contributed by atoms with E-state index in [1.54, 1.807) is 0 Å². The zero-order chi connectivity index (χ0) is 7.65. The van der Waals surface area contributed by atoms with E-state index in [1.807, 2.05) is 0 Å². The minimum atomic E-state index is -0.944. The summed E-state index contributed by atoms with van der Waals surface area (Å²) in [6, 6.07) is 0. The molecule has 0 aliphatic heterocycles. The van der Waals surface area contributed by atoms with Crippen molar-refractivity contribution in [2.24, 2.45) is 5.40 Å². The maximum atomic E-state index is 6.06. The Hall–Kier alpha value is 0.394. The Kier molecular flexibility index (Phi) is 3.12. The molecule has 2 N–H and O–H groups in total. The van der Waals surface area contributed by atoms with Gasteiger partial charge in [-0.15, -0.1) is 0 Å². The molecule has 0 saturated carbocycles. The van der Waals surface area contributed by atoms with Crippen molar-refractivity contribution in [3.05, 3.63) is 0 Å². The lowest BCUT2D eigenvalue weighted by Gasteiger charge is -2.25. The highest BCUT2D eigenvalue weighted by Gasteiger charge is 2.27. The maximum Gasteiger partial charge on any atom is 0.120 e. The maximum absolute atomic E-state index is 6.06. The van der Waals surface area contributed by atoms with E-state index in [0.717, 1.165) is 5.54 Å². The molecule has 0 aliphatic rings. The molecule has 0 amide bonds. The fourth-order valence-electron chi connectivity index (χ4n) is 0.866. The van der Waals surface area contributed by atoms with Crippen LogP contribution < -0.4 is 5.40 Å². The summed E-state index contributed by atoms with van der Waals surface area (Å²) in [6.07, 6.45) is 0. The largest absolute Gasteiger partial charge is 0.353 e. The molecular formula is C6H18NSi2. The van der Waals surface area contributed by atoms with Crippen molar-refractivity contribution < 1.29 is 0 Å². The van der Waals surface area contributed by atoms with E-state index in [9.17, 15) is 0 Å². The van der Waals surface area contributed by atoms with Crippen LogP contribution in [0, 0.1) is 0 Å². The molecule has 0 rings (SSSR count). The van der Waals surface area contributed by atoms with Gasteiger partial charge in [0.2, 0.25) is 0 Å². The monoisotopic (exact) mass is 160 g/mol. The molecule has 0 bridgehead atoms. The fraction of sp³-hybridized carbons (Fsp3) is 1.00. The van der Waals surface area contributed by atoms with Gasteiger partial charge in [-0.25, -0.2) is 0 Å². The van der Waals surface area contributed by atoms with Crippen molar-refractivity contribution in [2.45, 2.75) is 39.0 Å². The predicted octanol–water partition coefficient (Wildman–Crippen LogP) is 1.76. The van der Waals surface area contributed by atoms with Gasteiger partial charge in [-0.3, -0.25) is 0 Å². The molecule has 0 heterocycles. The van der Waals surface area contributed by atoms with Crippen molar-refractivity contribution in [1.82, 2.24) is 0 Å². The molecule has 1 radical (unpaired) electrons. The lowest BCUT2D eigenvalue weighted by atomic mass is 10.6. The quantitative estimate of drug-likeness (QED) is 0.612. The highest BCUT2D eigenvalue weighted by molar-refractivity contribution is 7.31. The normalized spacial score (nSPS) is 13.3. The van der Waals surface area contributed by atoms with E-state index in [1.165, 1.54) is 0 Å². The van der Waals surface area contributed by atoms with Gasteiger partial charge < -0.3 is 5.40 Å². The molecule has 0 aliphatic carbocycles. The van der Waals surface area contributed by atoms with Gasteiger partial charge in [-0.05, 0) is 5.54 Å². The Morgan fingerprint density at radius 3 is 1.56 bits per heavy atom. The summed E-state index contributed by atoms with van der Waals surface area (Å²) < 4.78 is 0. The van der Waals surface area contributed by atoms with Crippen molar-refractivity contribution in [3.63, 3.8) is 0 Å². The van der Waals surface area contributed by atoms with E-state index in [0.29, 0.717) is 0 Å². The molecule has 1 nitrogen and oxygen atoms in total. The fourth-order valence-corrected chi connectivity index (χ4v) is 7.79. The average molecular weight is 160 g/mol. The van der Waals surface area contributed by atoms with E-state index >= 15 is 0 Å². The Balaban J connectivity index is 3.88. The Morgan fingerprint density at radius 2 is 1.56 bits per heavy atom. The third-order valence-electron chi connectivity index (χ3n) is 1.49. The van der Waals surface area contributed by atoms with Gasteiger partial charge in [0.05, 0.1) is 7.59 Å². The zero-order valence-electron chi connectivity index (χ0n) is 7.15. The third kappa shape index (κ3) is 3.18. The number of hydrogen-bond acceptors (Lipinski definition) is 1. The summed E-state index contributed by atoms with van der Waals surface area (Å²) >= 11 is 0. The predicted molar refractivity (Wildman–Crippen MR) is 48.4 cm³/mol. The van der Waals surface area contributed by atoms with Crippen LogP contribution in [0.5, 0.6) is 0 Å². The molecule has 0 saturated heterocycles. The molecule has 3 heteroatoms. The van der Waals surface area contributed by atoms with Gasteiger partial charge in [0.25, 0.3) is 0 Å². The summed E-state index contributed by atoms with van der Waals surface area (Å²) in [6.45, 7) is 11.6. The first-order valence-corrected chi connectivity index (χ1v) is 9.64. The highest BCUT2D eigenvalue weighted by Crippen LogP contribution is 2.13. The first-order valence-electron chi connectivity index (χ1n) is 3.48. The lowest BCUT2D eigenvalue weighted by Crippen LogP contribution is -2.52. The second-order valence-corrected chi connectivity index (χ2v) is 16.7. The van der Waals surface area contributed by atoms with Crippen LogP contribution in [0.1, 0.15) is 13.8 Å². The second kappa shape index (κ2) is 2.99. The first kappa shape index (κ1) is 9.39. The average Bonchev–Trinajstić information content (AvgIpc) is 1.62. The van der Waals surface area contributed by atoms with Gasteiger partial charge in [0.1, 0.15) is 8.48 Å². The molecule has 0 aromatic heterocycles. The number of rotatable bonds is 2. The van der Waals surface area contributed by atoms with Crippen LogP contribution in [0.4, 0.5) is 0 Å². The van der Waals surface area contributed by atoms with Crippen LogP contribution in [0.3, 0.4) is 0 Å². The van der Waals surface area contributed by atoms with Crippen LogP contribution in [0.15, 0.2) is 0 Å². The Morgan fingerprint density at radius 1 is 1.22 bits per heavy atom. The van der Waals surface area contributed by atoms with Crippen molar-refractivity contribution >= 4 is 16.1 Å². The topological polar surface area (TPSA) is 26.0 Å². The molecular weight excluding hydrogens is 142 g/mol. The Labute approximate surface area is 61.1 Å². The summed E-state index contributed by atoms with van der Waals surface area (Å²) in [5.41, 5.74) is 0.752. The minimum Gasteiger partial charge on any atom is -0.353 e. The molecule has 0 fully saturated rings. The van der Waals surface area contributed by atoms with Gasteiger partial charge in [-0.2, -0.15) is 0 Å². The Bertz CT molecular complexity index is 85.5. The third-order valence-corrected chi connectivity index (χ3v) is 11.4. The summed E-state index contributed by atoms with van der Waals surface area (Å²) in [5.74, 6) is 0. The SMILES string of the molecule is CC(C)[Si](N)[Si](C)(C)C. The first-order chi connectivity index (χ1) is 3.85. The van der Waals surface area contributed by atoms with Gasteiger partial charge in [0, 0.05) is 0 Å². The molecule has 0 atom stereocenters. The van der Waals surface area contributed by atoms with Crippen LogP contribution in [0.25, 0.3) is 0 Å². The lowest BCUT2D eigenvalue weighted by molar-refractivity contribution is 1.04. The summed E-state index contributed by atoms with van der Waals surface area (Å²) in [5, 5.41) is 6.06. The number of hydrogen-bond donors (Lipinski definition) is 1. The molecule has 0 spiro atoms. The van der Waals surface area contributed by atoms with Crippen molar-refractivity contribution in [3.8, 4) is 0 Å². The van der Waals surface area contributed by atoms with E-state index in [4.69, 9.17) is 5.40 Å². The smallest absolute Gasteiger partial charge is 0.120 e. The highest BCUT2D eigenvalue weighted by atomic mass is 29.2. The van der Waals surface area contributed by atoms with E-state index < -0.39 is 16.1 Å². The van der Waals surface area contributed by atoms with Crippen LogP contribution in [-0.2, 0) is 0 Å². The molecule has 0 unspecified atom stereocenters. The zero-order valence-corrected chi connectivity index (χ0v) is 9.15. The van der Waals surface area contributed by atoms with Crippen LogP contribution in [-0.4, -0.2) is 16.1 Å². The minimum absolute atomic E-state index is 0.483. The van der Waals surface area contributed by atoms with Gasteiger partial charge in [0.15, 0.2) is 0 Å². The summed E-state index contributed by atoms with van der Waals surface area (Å²) in [4.78, 5) is 0. The molecule has 9 heavy (non-hydrogen) atoms. The van der Waals surface area contributed by atoms with Crippen LogP contribution in [0.2, 0.25) is 25.2 Å². The van der Waals surface area contributed by atoms with Crippen LogP contribution >= 0.6 is 0 Å². The van der Waals surface area contributed by atoms with Gasteiger partial charge in [-0.1, -0.05) is 33.5 Å². The molecule has 0 aromatic rings. The summed E-state index contributed by atoms with van der Waals surface area (Å²) in [7, 11) is -1.43. The van der Waals surface area contributed by atoms with E-state index in [-0.39, 0.29) is 0 Å². The van der Waals surface area contributed by atoms with E-state index in [2.05, 4.69) is 33.5 Å². The molecule has 0 aromatic carbocycles. The second-order valence-electron chi connectivity index (χ2n) is 3.86. The van der Waals surface area contributed by atoms with Gasteiger partial charge >= 0.3 is 0 Å². The standard InChI is InChI=1S/C6H18NSi2/c1-6(2)8(7)9(3,4)5/h6H,7H2,1-5H3.